The molecule has 2 fully saturated rings. The third kappa shape index (κ3) is 3.90. The van der Waals surface area contributed by atoms with Gasteiger partial charge in [-0.15, -0.1) is 0 Å². The van der Waals surface area contributed by atoms with Crippen LogP contribution in [0.4, 0.5) is 0 Å². The third-order valence-corrected chi connectivity index (χ3v) is 5.20. The van der Waals surface area contributed by atoms with Gasteiger partial charge in [0.1, 0.15) is 9.84 Å². The Morgan fingerprint density at radius 1 is 1.11 bits per heavy atom. The highest BCUT2D eigenvalue weighted by atomic mass is 32.2. The standard InChI is InChI=1S/C11H19N3O4S/c15-10(11(16)14-5-3-12-4-6-14)13-9-1-7-19(17,18)8-2-9/h9,12H,1-8H2,(H,13,15). The Hall–Kier alpha value is -1.15. The van der Waals surface area contributed by atoms with Crippen LogP contribution < -0.4 is 10.6 Å². The zero-order valence-electron chi connectivity index (χ0n) is 10.7. The molecule has 2 rings (SSSR count). The van der Waals surface area contributed by atoms with Gasteiger partial charge in [-0.25, -0.2) is 8.42 Å². The summed E-state index contributed by atoms with van der Waals surface area (Å²) in [6.07, 6.45) is 0.784. The Kier molecular flexibility index (Phi) is 4.41. The van der Waals surface area contributed by atoms with Crippen LogP contribution in [0.15, 0.2) is 0 Å². The maximum atomic E-state index is 11.9. The first kappa shape index (κ1) is 14.3. The molecule has 7 nitrogen and oxygen atoms in total. The zero-order valence-corrected chi connectivity index (χ0v) is 11.5. The fourth-order valence-corrected chi connectivity index (χ4v) is 3.78. The molecule has 2 heterocycles. The lowest BCUT2D eigenvalue weighted by Gasteiger charge is -2.28. The van der Waals surface area contributed by atoms with Gasteiger partial charge in [0, 0.05) is 32.2 Å². The molecular formula is C11H19N3O4S. The topological polar surface area (TPSA) is 95.6 Å². The Morgan fingerprint density at radius 3 is 2.26 bits per heavy atom. The Labute approximate surface area is 112 Å². The minimum absolute atomic E-state index is 0.0831. The summed E-state index contributed by atoms with van der Waals surface area (Å²) in [5, 5.41) is 5.75. The molecule has 0 atom stereocenters. The molecule has 0 aromatic carbocycles. The van der Waals surface area contributed by atoms with Crippen molar-refractivity contribution in [2.24, 2.45) is 0 Å². The smallest absolute Gasteiger partial charge is 0.311 e. The van der Waals surface area contributed by atoms with Crippen molar-refractivity contribution in [1.82, 2.24) is 15.5 Å². The largest absolute Gasteiger partial charge is 0.345 e. The molecular weight excluding hydrogens is 270 g/mol. The molecule has 0 saturated carbocycles. The minimum atomic E-state index is -2.95. The number of sulfone groups is 1. The molecule has 2 saturated heterocycles. The van der Waals surface area contributed by atoms with E-state index < -0.39 is 21.7 Å². The normalized spacial score (nSPS) is 23.9. The summed E-state index contributed by atoms with van der Waals surface area (Å²) >= 11 is 0. The summed E-state index contributed by atoms with van der Waals surface area (Å²) in [6.45, 7) is 2.46. The highest BCUT2D eigenvalue weighted by Gasteiger charge is 2.28. The minimum Gasteiger partial charge on any atom is -0.345 e. The van der Waals surface area contributed by atoms with Crippen molar-refractivity contribution in [3.05, 3.63) is 0 Å². The van der Waals surface area contributed by atoms with Crippen molar-refractivity contribution >= 4 is 21.7 Å². The van der Waals surface area contributed by atoms with E-state index in [-0.39, 0.29) is 17.5 Å². The van der Waals surface area contributed by atoms with Gasteiger partial charge in [-0.05, 0) is 12.8 Å². The summed E-state index contributed by atoms with van der Waals surface area (Å²) in [4.78, 5) is 25.2. The summed E-state index contributed by atoms with van der Waals surface area (Å²) < 4.78 is 22.5. The summed E-state index contributed by atoms with van der Waals surface area (Å²) in [6, 6.07) is -0.206. The van der Waals surface area contributed by atoms with Crippen molar-refractivity contribution in [2.75, 3.05) is 37.7 Å². The van der Waals surface area contributed by atoms with Crippen molar-refractivity contribution < 1.29 is 18.0 Å². The molecule has 2 N–H and O–H groups in total. The molecule has 8 heteroatoms. The maximum absolute atomic E-state index is 11.9. The first-order valence-electron chi connectivity index (χ1n) is 6.49. The van der Waals surface area contributed by atoms with E-state index in [1.807, 2.05) is 0 Å². The molecule has 0 bridgehead atoms. The second kappa shape index (κ2) is 5.87. The number of rotatable bonds is 1. The molecule has 0 spiro atoms. The van der Waals surface area contributed by atoms with E-state index in [0.29, 0.717) is 39.0 Å². The quantitative estimate of drug-likeness (QED) is 0.550. The van der Waals surface area contributed by atoms with Gasteiger partial charge in [0.15, 0.2) is 0 Å². The van der Waals surface area contributed by atoms with Crippen molar-refractivity contribution in [1.29, 1.82) is 0 Å². The fraction of sp³-hybridized carbons (Fsp3) is 0.818. The SMILES string of the molecule is O=C(NC1CCS(=O)(=O)CC1)C(=O)N1CCNCC1. The highest BCUT2D eigenvalue weighted by molar-refractivity contribution is 7.91. The second-order valence-electron chi connectivity index (χ2n) is 4.94. The van der Waals surface area contributed by atoms with E-state index in [0.717, 1.165) is 0 Å². The lowest BCUT2D eigenvalue weighted by atomic mass is 10.1. The summed E-state index contributed by atoms with van der Waals surface area (Å²) in [7, 11) is -2.95. The van der Waals surface area contributed by atoms with E-state index in [1.54, 1.807) is 0 Å². The molecule has 0 radical (unpaired) electrons. The Balaban J connectivity index is 1.82. The lowest BCUT2D eigenvalue weighted by molar-refractivity contribution is -0.146. The van der Waals surface area contributed by atoms with Crippen LogP contribution in [0.2, 0.25) is 0 Å². The van der Waals surface area contributed by atoms with Crippen LogP contribution in [0.1, 0.15) is 12.8 Å². The third-order valence-electron chi connectivity index (χ3n) is 3.49. The van der Waals surface area contributed by atoms with Gasteiger partial charge in [0.05, 0.1) is 11.5 Å². The van der Waals surface area contributed by atoms with Gasteiger partial charge in [0.25, 0.3) is 0 Å². The van der Waals surface area contributed by atoms with Gasteiger partial charge < -0.3 is 15.5 Å². The fourth-order valence-electron chi connectivity index (χ4n) is 2.29. The predicted molar refractivity (Wildman–Crippen MR) is 69.3 cm³/mol. The molecule has 0 unspecified atom stereocenters. The van der Waals surface area contributed by atoms with Gasteiger partial charge in [-0.1, -0.05) is 0 Å². The van der Waals surface area contributed by atoms with Crippen LogP contribution in [-0.4, -0.2) is 68.9 Å². The molecule has 2 aliphatic rings. The maximum Gasteiger partial charge on any atom is 0.311 e. The van der Waals surface area contributed by atoms with E-state index >= 15 is 0 Å². The first-order chi connectivity index (χ1) is 8.98. The zero-order chi connectivity index (χ0) is 13.9. The average Bonchev–Trinajstić information content (AvgIpc) is 2.41. The van der Waals surface area contributed by atoms with Crippen molar-refractivity contribution in [3.63, 3.8) is 0 Å². The lowest BCUT2D eigenvalue weighted by Crippen LogP contribution is -2.53. The second-order valence-corrected chi connectivity index (χ2v) is 7.25. The van der Waals surface area contributed by atoms with Gasteiger partial charge in [-0.2, -0.15) is 0 Å². The molecule has 2 aliphatic heterocycles. The van der Waals surface area contributed by atoms with Crippen LogP contribution >= 0.6 is 0 Å². The van der Waals surface area contributed by atoms with Crippen LogP contribution in [0.3, 0.4) is 0 Å². The number of nitrogens with zero attached hydrogens (tertiary/aromatic N) is 1. The number of amides is 2. The van der Waals surface area contributed by atoms with Gasteiger partial charge in [0.2, 0.25) is 0 Å². The highest BCUT2D eigenvalue weighted by Crippen LogP contribution is 2.12. The van der Waals surface area contributed by atoms with Crippen molar-refractivity contribution in [2.45, 2.75) is 18.9 Å². The van der Waals surface area contributed by atoms with E-state index in [1.165, 1.54) is 4.90 Å². The van der Waals surface area contributed by atoms with E-state index in [2.05, 4.69) is 10.6 Å². The first-order valence-corrected chi connectivity index (χ1v) is 8.31. The van der Waals surface area contributed by atoms with E-state index in [4.69, 9.17) is 0 Å². The number of hydrogen-bond donors (Lipinski definition) is 2. The molecule has 108 valence electrons. The monoisotopic (exact) mass is 289 g/mol. The number of carbonyl (C=O) groups excluding carboxylic acids is 2. The summed E-state index contributed by atoms with van der Waals surface area (Å²) in [5.41, 5.74) is 0. The molecule has 0 aromatic heterocycles. The number of hydrogen-bond acceptors (Lipinski definition) is 5. The summed E-state index contributed by atoms with van der Waals surface area (Å²) in [5.74, 6) is -0.972. The Bertz CT molecular complexity index is 443. The van der Waals surface area contributed by atoms with E-state index in [9.17, 15) is 18.0 Å². The van der Waals surface area contributed by atoms with Crippen molar-refractivity contribution in [3.8, 4) is 0 Å². The molecule has 19 heavy (non-hydrogen) atoms. The molecule has 2 amide bonds. The average molecular weight is 289 g/mol. The van der Waals surface area contributed by atoms with Crippen LogP contribution in [0, 0.1) is 0 Å². The Morgan fingerprint density at radius 2 is 1.68 bits per heavy atom. The number of nitrogens with one attached hydrogen (secondary N) is 2. The molecule has 0 aromatic rings. The van der Waals surface area contributed by atoms with Crippen LogP contribution in [0.5, 0.6) is 0 Å². The van der Waals surface area contributed by atoms with Gasteiger partial charge in [-0.3, -0.25) is 9.59 Å². The van der Waals surface area contributed by atoms with Crippen LogP contribution in [0.25, 0.3) is 0 Å². The predicted octanol–water partition coefficient (Wildman–Crippen LogP) is -1.89. The molecule has 0 aliphatic carbocycles. The van der Waals surface area contributed by atoms with Gasteiger partial charge >= 0.3 is 11.8 Å². The van der Waals surface area contributed by atoms with Crippen LogP contribution in [-0.2, 0) is 19.4 Å². The number of piperazine rings is 1. The number of carbonyl (C=O) groups is 2.